The van der Waals surface area contributed by atoms with E-state index in [1.165, 1.54) is 30.9 Å². The highest BCUT2D eigenvalue weighted by Gasteiger charge is 2.54. The molecular formula is C20H30Si. The van der Waals surface area contributed by atoms with Gasteiger partial charge in [0.1, 0.15) is 0 Å². The summed E-state index contributed by atoms with van der Waals surface area (Å²) >= 11 is 0. The van der Waals surface area contributed by atoms with E-state index >= 15 is 0 Å². The lowest BCUT2D eigenvalue weighted by Crippen LogP contribution is -2.55. The molecule has 0 aromatic heterocycles. The fraction of sp³-hybridized carbons (Fsp3) is 0.600. The van der Waals surface area contributed by atoms with Crippen LogP contribution in [0.15, 0.2) is 30.8 Å². The van der Waals surface area contributed by atoms with Gasteiger partial charge in [0.05, 0.1) is 8.07 Å². The lowest BCUT2D eigenvalue weighted by molar-refractivity contribution is -0.0990. The van der Waals surface area contributed by atoms with Crippen LogP contribution in [-0.4, -0.2) is 8.07 Å². The molecule has 21 heavy (non-hydrogen) atoms. The van der Waals surface area contributed by atoms with E-state index in [0.29, 0.717) is 5.41 Å². The van der Waals surface area contributed by atoms with Gasteiger partial charge in [-0.3, -0.25) is 0 Å². The van der Waals surface area contributed by atoms with Gasteiger partial charge in [-0.2, -0.15) is 0 Å². The molecule has 0 heterocycles. The van der Waals surface area contributed by atoms with Gasteiger partial charge in [-0.25, -0.2) is 0 Å². The number of rotatable bonds is 4. The molecule has 0 aliphatic heterocycles. The molecule has 0 spiro atoms. The fourth-order valence-corrected chi connectivity index (χ4v) is 8.15. The molecule has 1 aromatic rings. The molecule has 3 saturated carbocycles. The lowest BCUT2D eigenvalue weighted by Gasteiger charge is -2.61. The first-order chi connectivity index (χ1) is 9.84. The number of benzene rings is 1. The first-order valence-corrected chi connectivity index (χ1v) is 11.8. The molecule has 0 radical (unpaired) electrons. The van der Waals surface area contributed by atoms with Crippen molar-refractivity contribution in [1.82, 2.24) is 0 Å². The minimum Gasteiger partial charge on any atom is -0.0985 e. The summed E-state index contributed by atoms with van der Waals surface area (Å²) in [5.74, 6) is 3.00. The lowest BCUT2D eigenvalue weighted by atomic mass is 9.46. The van der Waals surface area contributed by atoms with Crippen molar-refractivity contribution in [3.05, 3.63) is 36.4 Å². The average Bonchev–Trinajstić information content (AvgIpc) is 2.46. The molecule has 3 fully saturated rings. The molecule has 4 rings (SSSR count). The van der Waals surface area contributed by atoms with Crippen LogP contribution in [0.1, 0.15) is 38.7 Å². The van der Waals surface area contributed by atoms with Crippen molar-refractivity contribution >= 4 is 19.3 Å². The van der Waals surface area contributed by atoms with Crippen molar-refractivity contribution in [1.29, 1.82) is 0 Å². The van der Waals surface area contributed by atoms with Gasteiger partial charge in [-0.05, 0) is 41.6 Å². The summed E-state index contributed by atoms with van der Waals surface area (Å²) in [5, 5.41) is 1.62. The normalized spacial score (nSPS) is 30.6. The quantitative estimate of drug-likeness (QED) is 0.660. The maximum Gasteiger partial charge on any atom is 0.0809 e. The van der Waals surface area contributed by atoms with E-state index in [-0.39, 0.29) is 0 Å². The van der Waals surface area contributed by atoms with E-state index in [2.05, 4.69) is 57.8 Å². The Labute approximate surface area is 131 Å². The van der Waals surface area contributed by atoms with Crippen LogP contribution in [0.3, 0.4) is 0 Å². The minimum absolute atomic E-state index is 0.625. The van der Waals surface area contributed by atoms with Crippen molar-refractivity contribution in [2.75, 3.05) is 0 Å². The highest BCUT2D eigenvalue weighted by molar-refractivity contribution is 6.89. The van der Waals surface area contributed by atoms with E-state index in [1.54, 1.807) is 5.19 Å². The zero-order valence-corrected chi connectivity index (χ0v) is 15.2. The first-order valence-electron chi connectivity index (χ1n) is 8.57. The molecule has 3 unspecified atom stereocenters. The number of hydrogen-bond acceptors (Lipinski definition) is 0. The third kappa shape index (κ3) is 2.54. The van der Waals surface area contributed by atoms with Crippen molar-refractivity contribution in [3.63, 3.8) is 0 Å². The van der Waals surface area contributed by atoms with Gasteiger partial charge in [0.25, 0.3) is 0 Å². The molecule has 3 aliphatic rings. The maximum absolute atomic E-state index is 3.86. The van der Waals surface area contributed by atoms with Crippen LogP contribution >= 0.6 is 0 Å². The third-order valence-corrected chi connectivity index (χ3v) is 10.1. The summed E-state index contributed by atoms with van der Waals surface area (Å²) in [6, 6.07) is 10.7. The van der Waals surface area contributed by atoms with Gasteiger partial charge < -0.3 is 0 Å². The highest BCUT2D eigenvalue weighted by Crippen LogP contribution is 2.62. The van der Waals surface area contributed by atoms with Crippen LogP contribution in [0, 0.1) is 23.2 Å². The van der Waals surface area contributed by atoms with Gasteiger partial charge in [0, 0.05) is 0 Å². The first kappa shape index (κ1) is 15.1. The topological polar surface area (TPSA) is 0 Å². The van der Waals surface area contributed by atoms with Crippen LogP contribution in [0.25, 0.3) is 6.08 Å². The van der Waals surface area contributed by atoms with E-state index in [0.717, 1.165) is 17.8 Å². The minimum atomic E-state index is -1.32. The van der Waals surface area contributed by atoms with Gasteiger partial charge in [-0.15, -0.1) is 0 Å². The molecular weight excluding hydrogens is 268 g/mol. The second-order valence-electron chi connectivity index (χ2n) is 8.61. The summed E-state index contributed by atoms with van der Waals surface area (Å²) in [6.45, 7) is 14.0. The maximum atomic E-state index is 3.86. The SMILES string of the molecule is C=Cc1ccc([Si](C)(C)CC2CCC3CC2C3(C)C)cc1. The van der Waals surface area contributed by atoms with Crippen molar-refractivity contribution in [2.45, 2.75) is 52.2 Å². The Balaban J connectivity index is 1.74. The molecule has 2 bridgehead atoms. The van der Waals surface area contributed by atoms with Gasteiger partial charge >= 0.3 is 0 Å². The largest absolute Gasteiger partial charge is 0.0985 e. The van der Waals surface area contributed by atoms with Crippen molar-refractivity contribution < 1.29 is 0 Å². The van der Waals surface area contributed by atoms with Crippen LogP contribution in [-0.2, 0) is 0 Å². The second kappa shape index (κ2) is 5.12. The molecule has 3 atom stereocenters. The predicted octanol–water partition coefficient (Wildman–Crippen LogP) is 5.32. The molecule has 1 heteroatoms. The smallest absolute Gasteiger partial charge is 0.0809 e. The van der Waals surface area contributed by atoms with Crippen LogP contribution in [0.4, 0.5) is 0 Å². The predicted molar refractivity (Wildman–Crippen MR) is 96.6 cm³/mol. The summed E-state index contributed by atoms with van der Waals surface area (Å²) in [6.07, 6.45) is 6.42. The molecule has 114 valence electrons. The van der Waals surface area contributed by atoms with E-state index in [4.69, 9.17) is 0 Å². The summed E-state index contributed by atoms with van der Waals surface area (Å²) in [4.78, 5) is 0. The zero-order chi connectivity index (χ0) is 15.3. The van der Waals surface area contributed by atoms with Gasteiger partial charge in [0.2, 0.25) is 0 Å². The summed E-state index contributed by atoms with van der Waals surface area (Å²) < 4.78 is 0. The second-order valence-corrected chi connectivity index (χ2v) is 13.4. The van der Waals surface area contributed by atoms with Crippen molar-refractivity contribution in [2.24, 2.45) is 23.2 Å². The monoisotopic (exact) mass is 298 g/mol. The Bertz CT molecular complexity index is 521. The Hall–Kier alpha value is -0.823. The Morgan fingerprint density at radius 1 is 1.19 bits per heavy atom. The molecule has 1 aromatic carbocycles. The molecule has 0 nitrogen and oxygen atoms in total. The van der Waals surface area contributed by atoms with Crippen LogP contribution in [0.5, 0.6) is 0 Å². The van der Waals surface area contributed by atoms with E-state index < -0.39 is 8.07 Å². The van der Waals surface area contributed by atoms with Gasteiger partial charge in [0.15, 0.2) is 0 Å². The molecule has 0 amide bonds. The van der Waals surface area contributed by atoms with Crippen LogP contribution < -0.4 is 5.19 Å². The average molecular weight is 299 g/mol. The number of hydrogen-bond donors (Lipinski definition) is 0. The third-order valence-electron chi connectivity index (χ3n) is 6.70. The fourth-order valence-electron chi connectivity index (χ4n) is 5.05. The van der Waals surface area contributed by atoms with Crippen LogP contribution in [0.2, 0.25) is 19.1 Å². The number of fused-ring (bicyclic) bond motifs is 2. The van der Waals surface area contributed by atoms with Gasteiger partial charge in [-0.1, -0.05) is 81.5 Å². The van der Waals surface area contributed by atoms with E-state index in [1.807, 2.05) is 6.08 Å². The Kier molecular flexibility index (Phi) is 3.68. The molecule has 0 N–H and O–H groups in total. The summed E-state index contributed by atoms with van der Waals surface area (Å²) in [5.41, 5.74) is 1.87. The van der Waals surface area contributed by atoms with E-state index in [9.17, 15) is 0 Å². The summed E-state index contributed by atoms with van der Waals surface area (Å²) in [7, 11) is -1.32. The van der Waals surface area contributed by atoms with Crippen molar-refractivity contribution in [3.8, 4) is 0 Å². The molecule has 0 saturated heterocycles. The zero-order valence-electron chi connectivity index (χ0n) is 14.2. The Morgan fingerprint density at radius 2 is 1.86 bits per heavy atom. The Morgan fingerprint density at radius 3 is 2.38 bits per heavy atom. The standard InChI is InChI=1S/C20H30Si/c1-6-15-7-11-18(12-8-15)21(4,5)14-16-9-10-17-13-19(16)20(17,2)3/h6-8,11-12,16-17,19H,1,9-10,13-14H2,2-5H3. The highest BCUT2D eigenvalue weighted by atomic mass is 28.3. The molecule has 3 aliphatic carbocycles.